The topological polar surface area (TPSA) is 65.0 Å². The summed E-state index contributed by atoms with van der Waals surface area (Å²) in [6.07, 6.45) is 4.17. The molecule has 1 N–H and O–H groups in total. The van der Waals surface area contributed by atoms with E-state index >= 15 is 0 Å². The van der Waals surface area contributed by atoms with E-state index in [2.05, 4.69) is 0 Å². The molecule has 0 amide bonds. The molecule has 0 spiro atoms. The van der Waals surface area contributed by atoms with Crippen LogP contribution in [0.25, 0.3) is 0 Å². The number of carbonyl (C=O) groups is 1. The van der Waals surface area contributed by atoms with Crippen LogP contribution in [-0.4, -0.2) is 31.4 Å². The molecule has 0 fully saturated rings. The standard InChI is InChI=1S/C23H28O5/c1-23(22(24)25,18-28-17-19-8-4-3-5-9-19)14-6-7-15-27-16-20-10-12-21(26-2)13-11-20/h3-6,8-14H,7,15-18H2,1-2H3,(H,24,25)/b14-6+/t23-/m1/s1. The van der Waals surface area contributed by atoms with Crippen LogP contribution in [0, 0.1) is 5.41 Å². The fourth-order valence-electron chi connectivity index (χ4n) is 2.54. The van der Waals surface area contributed by atoms with Crippen molar-refractivity contribution in [1.29, 1.82) is 0 Å². The van der Waals surface area contributed by atoms with Crippen molar-refractivity contribution >= 4 is 5.97 Å². The Hall–Kier alpha value is -2.63. The summed E-state index contributed by atoms with van der Waals surface area (Å²) >= 11 is 0. The third kappa shape index (κ3) is 7.18. The van der Waals surface area contributed by atoms with Crippen molar-refractivity contribution in [2.24, 2.45) is 5.41 Å². The van der Waals surface area contributed by atoms with Gasteiger partial charge in [0.15, 0.2) is 0 Å². The number of carboxylic acids is 1. The molecule has 0 saturated carbocycles. The van der Waals surface area contributed by atoms with Crippen LogP contribution in [0.15, 0.2) is 66.7 Å². The average molecular weight is 384 g/mol. The average Bonchev–Trinajstić information content (AvgIpc) is 2.71. The number of carboxylic acid groups (broad SMARTS) is 1. The van der Waals surface area contributed by atoms with Gasteiger partial charge in [0, 0.05) is 0 Å². The van der Waals surface area contributed by atoms with E-state index in [0.717, 1.165) is 16.9 Å². The number of hydrogen-bond acceptors (Lipinski definition) is 4. The lowest BCUT2D eigenvalue weighted by atomic mass is 9.91. The monoisotopic (exact) mass is 384 g/mol. The summed E-state index contributed by atoms with van der Waals surface area (Å²) in [5.74, 6) is -0.0925. The van der Waals surface area contributed by atoms with Crippen molar-refractivity contribution < 1.29 is 24.1 Å². The Kier molecular flexibility index (Phi) is 8.72. The van der Waals surface area contributed by atoms with Gasteiger partial charge in [0.25, 0.3) is 0 Å². The van der Waals surface area contributed by atoms with Crippen LogP contribution in [0.5, 0.6) is 5.75 Å². The molecule has 2 aromatic carbocycles. The summed E-state index contributed by atoms with van der Waals surface area (Å²) in [6.45, 7) is 3.19. The molecule has 0 saturated heterocycles. The van der Waals surface area contributed by atoms with Gasteiger partial charge in [-0.3, -0.25) is 4.79 Å². The molecule has 5 heteroatoms. The van der Waals surface area contributed by atoms with Crippen molar-refractivity contribution in [3.05, 3.63) is 77.9 Å². The Balaban J connectivity index is 1.72. The van der Waals surface area contributed by atoms with Gasteiger partial charge in [-0.25, -0.2) is 0 Å². The number of ether oxygens (including phenoxy) is 3. The molecule has 0 unspecified atom stereocenters. The summed E-state index contributed by atoms with van der Waals surface area (Å²) in [5, 5.41) is 9.55. The minimum absolute atomic E-state index is 0.112. The van der Waals surface area contributed by atoms with Crippen LogP contribution in [0.2, 0.25) is 0 Å². The Bertz CT molecular complexity index is 739. The summed E-state index contributed by atoms with van der Waals surface area (Å²) < 4.78 is 16.4. The first-order valence-corrected chi connectivity index (χ1v) is 9.27. The molecule has 0 aliphatic heterocycles. The zero-order valence-corrected chi connectivity index (χ0v) is 16.5. The van der Waals surface area contributed by atoms with Crippen LogP contribution in [0.3, 0.4) is 0 Å². The molecular formula is C23H28O5. The van der Waals surface area contributed by atoms with Gasteiger partial charge in [-0.1, -0.05) is 54.6 Å². The zero-order chi connectivity index (χ0) is 20.2. The largest absolute Gasteiger partial charge is 0.497 e. The second kappa shape index (κ2) is 11.3. The SMILES string of the molecule is COc1ccc(COCC/C=C/[C@](C)(COCc2ccccc2)C(=O)O)cc1. The molecule has 2 rings (SSSR count). The lowest BCUT2D eigenvalue weighted by Gasteiger charge is -2.20. The lowest BCUT2D eigenvalue weighted by molar-refractivity contribution is -0.148. The first-order chi connectivity index (χ1) is 13.5. The van der Waals surface area contributed by atoms with E-state index in [1.165, 1.54) is 0 Å². The highest BCUT2D eigenvalue weighted by atomic mass is 16.5. The number of methoxy groups -OCH3 is 1. The third-order valence-electron chi connectivity index (χ3n) is 4.34. The third-order valence-corrected chi connectivity index (χ3v) is 4.34. The van der Waals surface area contributed by atoms with Crippen LogP contribution in [0.4, 0.5) is 0 Å². The van der Waals surface area contributed by atoms with Crippen LogP contribution in [0.1, 0.15) is 24.5 Å². The maximum Gasteiger partial charge on any atom is 0.315 e. The number of rotatable bonds is 12. The number of benzene rings is 2. The molecule has 2 aromatic rings. The van der Waals surface area contributed by atoms with Gasteiger partial charge in [0.1, 0.15) is 11.2 Å². The maximum atomic E-state index is 11.6. The molecule has 0 aliphatic rings. The normalized spacial score (nSPS) is 13.4. The van der Waals surface area contributed by atoms with E-state index in [9.17, 15) is 9.90 Å². The van der Waals surface area contributed by atoms with Crippen LogP contribution >= 0.6 is 0 Å². The van der Waals surface area contributed by atoms with Gasteiger partial charge in [-0.15, -0.1) is 0 Å². The van der Waals surface area contributed by atoms with Crippen molar-refractivity contribution in [3.63, 3.8) is 0 Å². The van der Waals surface area contributed by atoms with Crippen molar-refractivity contribution in [2.45, 2.75) is 26.6 Å². The first kappa shape index (κ1) is 21.7. The molecule has 0 bridgehead atoms. The quantitative estimate of drug-likeness (QED) is 0.432. The fourth-order valence-corrected chi connectivity index (χ4v) is 2.54. The highest BCUT2D eigenvalue weighted by Gasteiger charge is 2.30. The van der Waals surface area contributed by atoms with E-state index in [-0.39, 0.29) is 6.61 Å². The minimum Gasteiger partial charge on any atom is -0.497 e. The van der Waals surface area contributed by atoms with Crippen molar-refractivity contribution in [2.75, 3.05) is 20.3 Å². The van der Waals surface area contributed by atoms with Gasteiger partial charge in [-0.05, 0) is 36.6 Å². The van der Waals surface area contributed by atoms with Crippen LogP contribution < -0.4 is 4.74 Å². The highest BCUT2D eigenvalue weighted by Crippen LogP contribution is 2.21. The molecule has 0 aliphatic carbocycles. The van der Waals surface area contributed by atoms with Gasteiger partial charge in [0.05, 0.1) is 33.5 Å². The minimum atomic E-state index is -1.06. The van der Waals surface area contributed by atoms with Crippen molar-refractivity contribution in [3.8, 4) is 5.75 Å². The molecule has 5 nitrogen and oxygen atoms in total. The van der Waals surface area contributed by atoms with Gasteiger partial charge in [0.2, 0.25) is 0 Å². The smallest absolute Gasteiger partial charge is 0.315 e. The fraction of sp³-hybridized carbons (Fsp3) is 0.348. The van der Waals surface area contributed by atoms with E-state index in [1.807, 2.05) is 60.7 Å². The Morgan fingerprint density at radius 3 is 2.29 bits per heavy atom. The molecule has 0 radical (unpaired) electrons. The molecule has 28 heavy (non-hydrogen) atoms. The summed E-state index contributed by atoms with van der Waals surface area (Å²) in [6, 6.07) is 17.4. The van der Waals surface area contributed by atoms with Gasteiger partial charge < -0.3 is 19.3 Å². The van der Waals surface area contributed by atoms with Gasteiger partial charge in [-0.2, -0.15) is 0 Å². The number of hydrogen-bond donors (Lipinski definition) is 1. The van der Waals surface area contributed by atoms with E-state index in [1.54, 1.807) is 20.1 Å². The molecule has 0 aromatic heterocycles. The molecular weight excluding hydrogens is 356 g/mol. The van der Waals surface area contributed by atoms with E-state index in [4.69, 9.17) is 14.2 Å². The van der Waals surface area contributed by atoms with Gasteiger partial charge >= 0.3 is 5.97 Å². The summed E-state index contributed by atoms with van der Waals surface area (Å²) in [5.41, 5.74) is 1.02. The Morgan fingerprint density at radius 1 is 1.00 bits per heavy atom. The molecule has 0 heterocycles. The van der Waals surface area contributed by atoms with E-state index < -0.39 is 11.4 Å². The summed E-state index contributed by atoms with van der Waals surface area (Å²) in [7, 11) is 1.63. The second-order valence-electron chi connectivity index (χ2n) is 6.79. The predicted molar refractivity (Wildman–Crippen MR) is 108 cm³/mol. The predicted octanol–water partition coefficient (Wildman–Crippen LogP) is 4.47. The second-order valence-corrected chi connectivity index (χ2v) is 6.79. The maximum absolute atomic E-state index is 11.6. The Labute approximate surface area is 166 Å². The van der Waals surface area contributed by atoms with Crippen molar-refractivity contribution in [1.82, 2.24) is 0 Å². The van der Waals surface area contributed by atoms with E-state index in [0.29, 0.717) is 26.2 Å². The van der Waals surface area contributed by atoms with Crippen LogP contribution in [-0.2, 0) is 27.5 Å². The first-order valence-electron chi connectivity index (χ1n) is 9.27. The zero-order valence-electron chi connectivity index (χ0n) is 16.5. The highest BCUT2D eigenvalue weighted by molar-refractivity contribution is 5.76. The molecule has 150 valence electrons. The Morgan fingerprint density at radius 2 is 1.64 bits per heavy atom. The lowest BCUT2D eigenvalue weighted by Crippen LogP contribution is -2.30. The molecule has 1 atom stereocenters. The number of aliphatic carboxylic acids is 1. The summed E-state index contributed by atoms with van der Waals surface area (Å²) in [4.78, 5) is 11.6.